The van der Waals surface area contributed by atoms with E-state index in [-0.39, 0.29) is 0 Å². The molecule has 0 atom stereocenters. The van der Waals surface area contributed by atoms with Crippen molar-refractivity contribution >= 4 is 45.6 Å². The summed E-state index contributed by atoms with van der Waals surface area (Å²) in [6.07, 6.45) is 7.59. The van der Waals surface area contributed by atoms with Crippen LogP contribution in [0.25, 0.3) is 21.8 Å². The summed E-state index contributed by atoms with van der Waals surface area (Å²) in [6.45, 7) is 0. The average Bonchev–Trinajstić information content (AvgIpc) is 3.44. The van der Waals surface area contributed by atoms with Gasteiger partial charge >= 0.3 is 0 Å². The number of ether oxygens (including phenoxy) is 2. The highest BCUT2D eigenvalue weighted by Crippen LogP contribution is 2.29. The van der Waals surface area contributed by atoms with E-state index in [2.05, 4.69) is 9.97 Å². The van der Waals surface area contributed by atoms with Gasteiger partial charge in [-0.1, -0.05) is 12.1 Å². The zero-order valence-electron chi connectivity index (χ0n) is 17.8. The van der Waals surface area contributed by atoms with Crippen molar-refractivity contribution in [1.29, 1.82) is 0 Å². The van der Waals surface area contributed by atoms with Crippen LogP contribution in [0.3, 0.4) is 0 Å². The molecule has 0 saturated carbocycles. The maximum Gasteiger partial charge on any atom is 0.119 e. The molecule has 0 radical (unpaired) electrons. The maximum atomic E-state index is 5.35. The zero-order chi connectivity index (χ0) is 21.9. The summed E-state index contributed by atoms with van der Waals surface area (Å²) in [4.78, 5) is 16.0. The lowest BCUT2D eigenvalue weighted by Crippen LogP contribution is -1.83. The molecule has 0 aliphatic carbocycles. The average molecular weight is 422 g/mol. The number of H-pyrrole nitrogens is 2. The van der Waals surface area contributed by atoms with Gasteiger partial charge in [0.15, 0.2) is 0 Å². The Morgan fingerprint density at radius 2 is 1.12 bits per heavy atom. The number of methoxy groups -OCH3 is 2. The third kappa shape index (κ3) is 3.74. The summed E-state index contributed by atoms with van der Waals surface area (Å²) < 4.78 is 10.7. The van der Waals surface area contributed by atoms with Crippen molar-refractivity contribution in [2.45, 2.75) is 0 Å². The number of hydrogen-bond donors (Lipinski definition) is 2. The number of benzene rings is 3. The minimum absolute atomic E-state index is 0.790. The first kappa shape index (κ1) is 19.6. The molecule has 3 aromatic carbocycles. The Bertz CT molecular complexity index is 1350. The lowest BCUT2D eigenvalue weighted by Gasteiger charge is -2.01. The lowest BCUT2D eigenvalue weighted by molar-refractivity contribution is 0.415. The number of aromatic amines is 2. The number of hydrogen-bond acceptors (Lipinski definition) is 4. The van der Waals surface area contributed by atoms with E-state index in [0.717, 1.165) is 55.8 Å². The number of rotatable bonds is 6. The predicted molar refractivity (Wildman–Crippen MR) is 131 cm³/mol. The second-order valence-corrected chi connectivity index (χ2v) is 7.32. The predicted octanol–water partition coefficient (Wildman–Crippen LogP) is 6.17. The van der Waals surface area contributed by atoms with E-state index in [1.165, 1.54) is 0 Å². The first-order valence-corrected chi connectivity index (χ1v) is 10.2. The zero-order valence-corrected chi connectivity index (χ0v) is 17.8. The Morgan fingerprint density at radius 3 is 1.56 bits per heavy atom. The number of fused-ring (bicyclic) bond motifs is 2. The van der Waals surface area contributed by atoms with Crippen molar-refractivity contribution in [2.75, 3.05) is 14.2 Å². The summed E-state index contributed by atoms with van der Waals surface area (Å²) >= 11 is 0. The van der Waals surface area contributed by atoms with Gasteiger partial charge < -0.3 is 19.4 Å². The van der Waals surface area contributed by atoms with Crippen molar-refractivity contribution in [3.8, 4) is 11.5 Å². The van der Waals surface area contributed by atoms with Crippen LogP contribution in [0.2, 0.25) is 0 Å². The molecule has 0 bridgehead atoms. The molecule has 0 fully saturated rings. The number of para-hydroxylation sites is 2. The van der Waals surface area contributed by atoms with Gasteiger partial charge in [-0.05, 0) is 48.5 Å². The molecule has 0 unspecified atom stereocenters. The topological polar surface area (TPSA) is 74.8 Å². The molecule has 158 valence electrons. The van der Waals surface area contributed by atoms with Crippen molar-refractivity contribution in [3.05, 3.63) is 84.2 Å². The van der Waals surface area contributed by atoms with Crippen LogP contribution in [0, 0.1) is 0 Å². The Balaban J connectivity index is 1.46. The molecule has 0 aliphatic heterocycles. The quantitative estimate of drug-likeness (QED) is 0.321. The van der Waals surface area contributed by atoms with Crippen molar-refractivity contribution < 1.29 is 9.47 Å². The Hall–Kier alpha value is -4.32. The van der Waals surface area contributed by atoms with Gasteiger partial charge in [0.1, 0.15) is 11.5 Å². The van der Waals surface area contributed by atoms with Crippen LogP contribution in [0.5, 0.6) is 11.5 Å². The van der Waals surface area contributed by atoms with E-state index in [1.807, 2.05) is 85.5 Å². The fraction of sp³-hybridized carbons (Fsp3) is 0.0769. The highest BCUT2D eigenvalue weighted by Gasteiger charge is 2.06. The van der Waals surface area contributed by atoms with Gasteiger partial charge in [0.05, 0.1) is 25.6 Å². The number of aromatic nitrogens is 2. The van der Waals surface area contributed by atoms with Crippen molar-refractivity contribution in [1.82, 2.24) is 9.97 Å². The van der Waals surface area contributed by atoms with Crippen LogP contribution >= 0.6 is 0 Å². The molecule has 2 N–H and O–H groups in total. The number of aliphatic imine (C=N–C) groups is 2. The standard InChI is InChI=1S/C26H22N4O2/c1-31-19-7-9-23-21(11-19)17(13-27-23)15-29-25-5-3-4-6-26(25)30-16-18-14-28-24-10-8-20(32-2)12-22(18)24/h3-16,27-28H,1-2H3. The van der Waals surface area contributed by atoms with Gasteiger partial charge in [-0.25, -0.2) is 0 Å². The number of nitrogens with one attached hydrogen (secondary N) is 2. The van der Waals surface area contributed by atoms with E-state index in [0.29, 0.717) is 0 Å². The van der Waals surface area contributed by atoms with Crippen LogP contribution in [-0.2, 0) is 0 Å². The molecular formula is C26H22N4O2. The minimum Gasteiger partial charge on any atom is -0.497 e. The van der Waals surface area contributed by atoms with Gasteiger partial charge in [-0.3, -0.25) is 9.98 Å². The second-order valence-electron chi connectivity index (χ2n) is 7.32. The van der Waals surface area contributed by atoms with Gasteiger partial charge in [0.2, 0.25) is 0 Å². The van der Waals surface area contributed by atoms with E-state index in [9.17, 15) is 0 Å². The molecule has 0 aliphatic rings. The fourth-order valence-electron chi connectivity index (χ4n) is 3.67. The molecule has 0 spiro atoms. The minimum atomic E-state index is 0.790. The molecule has 0 saturated heterocycles. The molecule has 2 heterocycles. The summed E-state index contributed by atoms with van der Waals surface area (Å²) in [5.74, 6) is 1.62. The van der Waals surface area contributed by atoms with Gasteiger partial charge in [0, 0.05) is 57.8 Å². The van der Waals surface area contributed by atoms with Crippen molar-refractivity contribution in [3.63, 3.8) is 0 Å². The van der Waals surface area contributed by atoms with E-state index < -0.39 is 0 Å². The Labute approximate surface area is 185 Å². The van der Waals surface area contributed by atoms with Gasteiger partial charge in [-0.15, -0.1) is 0 Å². The fourth-order valence-corrected chi connectivity index (χ4v) is 3.67. The maximum absolute atomic E-state index is 5.35. The van der Waals surface area contributed by atoms with Gasteiger partial charge in [0.25, 0.3) is 0 Å². The highest BCUT2D eigenvalue weighted by atomic mass is 16.5. The monoisotopic (exact) mass is 422 g/mol. The first-order valence-electron chi connectivity index (χ1n) is 10.2. The van der Waals surface area contributed by atoms with Gasteiger partial charge in [-0.2, -0.15) is 0 Å². The normalized spacial score (nSPS) is 11.8. The van der Waals surface area contributed by atoms with Crippen LogP contribution in [0.15, 0.2) is 83.0 Å². The molecular weight excluding hydrogens is 400 g/mol. The molecule has 6 nitrogen and oxygen atoms in total. The van der Waals surface area contributed by atoms with Crippen LogP contribution < -0.4 is 9.47 Å². The largest absolute Gasteiger partial charge is 0.497 e. The molecule has 5 aromatic rings. The van der Waals surface area contributed by atoms with Crippen LogP contribution in [-0.4, -0.2) is 36.6 Å². The summed E-state index contributed by atoms with van der Waals surface area (Å²) in [5, 5.41) is 2.11. The third-order valence-electron chi connectivity index (χ3n) is 5.41. The molecule has 32 heavy (non-hydrogen) atoms. The second kappa shape index (κ2) is 8.43. The molecule has 2 aromatic heterocycles. The lowest BCUT2D eigenvalue weighted by atomic mass is 10.1. The van der Waals surface area contributed by atoms with E-state index in [4.69, 9.17) is 19.5 Å². The molecule has 5 rings (SSSR count). The molecule has 6 heteroatoms. The van der Waals surface area contributed by atoms with E-state index in [1.54, 1.807) is 14.2 Å². The number of nitrogens with zero attached hydrogens (tertiary/aromatic N) is 2. The first-order chi connectivity index (χ1) is 15.7. The third-order valence-corrected chi connectivity index (χ3v) is 5.41. The highest BCUT2D eigenvalue weighted by molar-refractivity contribution is 6.02. The summed E-state index contributed by atoms with van der Waals surface area (Å²) in [5.41, 5.74) is 5.63. The van der Waals surface area contributed by atoms with Crippen LogP contribution in [0.4, 0.5) is 11.4 Å². The summed E-state index contributed by atoms with van der Waals surface area (Å²) in [6, 6.07) is 19.7. The van der Waals surface area contributed by atoms with Crippen LogP contribution in [0.1, 0.15) is 11.1 Å². The van der Waals surface area contributed by atoms with Crippen molar-refractivity contribution in [2.24, 2.45) is 9.98 Å². The Morgan fingerprint density at radius 1 is 0.656 bits per heavy atom. The molecule has 0 amide bonds. The SMILES string of the molecule is COc1ccc2[nH]cc(C=Nc3ccccc3N=Cc3c[nH]c4ccc(OC)cc34)c2c1. The Kier molecular flexibility index (Phi) is 5.17. The van der Waals surface area contributed by atoms with E-state index >= 15 is 0 Å². The summed E-state index contributed by atoms with van der Waals surface area (Å²) in [7, 11) is 3.33. The smallest absolute Gasteiger partial charge is 0.119 e.